The summed E-state index contributed by atoms with van der Waals surface area (Å²) in [5, 5.41) is 7.34. The van der Waals surface area contributed by atoms with Crippen LogP contribution in [0.15, 0.2) is 36.8 Å². The molecule has 1 aliphatic rings. The van der Waals surface area contributed by atoms with Crippen molar-refractivity contribution in [2.24, 2.45) is 0 Å². The number of fused-ring (bicyclic) bond motifs is 1. The molecule has 6 nitrogen and oxygen atoms in total. The van der Waals surface area contributed by atoms with Gasteiger partial charge in [-0.2, -0.15) is 5.10 Å². The van der Waals surface area contributed by atoms with Gasteiger partial charge in [0.25, 0.3) is 5.91 Å². The third-order valence-electron chi connectivity index (χ3n) is 3.74. The molecular weight excluding hydrogens is 266 g/mol. The Morgan fingerprint density at radius 1 is 1.43 bits per heavy atom. The highest BCUT2D eigenvalue weighted by atomic mass is 16.1. The Morgan fingerprint density at radius 2 is 2.33 bits per heavy atom. The highest BCUT2D eigenvalue weighted by molar-refractivity contribution is 5.93. The first kappa shape index (κ1) is 13.8. The minimum absolute atomic E-state index is 0.0760. The number of pyridine rings is 1. The molecule has 2 aromatic rings. The van der Waals surface area contributed by atoms with E-state index in [1.807, 2.05) is 6.20 Å². The Hall–Kier alpha value is -2.21. The number of carbonyl (C=O) groups is 1. The predicted octanol–water partition coefficient (Wildman–Crippen LogP) is 1.08. The van der Waals surface area contributed by atoms with E-state index in [0.29, 0.717) is 18.2 Å². The van der Waals surface area contributed by atoms with E-state index in [-0.39, 0.29) is 5.91 Å². The van der Waals surface area contributed by atoms with E-state index in [9.17, 15) is 4.79 Å². The van der Waals surface area contributed by atoms with E-state index in [2.05, 4.69) is 38.1 Å². The number of carbonyl (C=O) groups excluding carboxylic acids is 1. The Balaban J connectivity index is 1.56. The van der Waals surface area contributed by atoms with Crippen LogP contribution in [0, 0.1) is 0 Å². The quantitative estimate of drug-likeness (QED) is 0.913. The van der Waals surface area contributed by atoms with Gasteiger partial charge in [0.05, 0.1) is 17.3 Å². The van der Waals surface area contributed by atoms with Crippen molar-refractivity contribution in [1.29, 1.82) is 0 Å². The summed E-state index contributed by atoms with van der Waals surface area (Å²) in [4.78, 5) is 18.2. The highest BCUT2D eigenvalue weighted by Gasteiger charge is 2.23. The van der Waals surface area contributed by atoms with Crippen LogP contribution < -0.4 is 5.32 Å². The van der Waals surface area contributed by atoms with Gasteiger partial charge in [0.15, 0.2) is 0 Å². The van der Waals surface area contributed by atoms with Gasteiger partial charge in [-0.3, -0.25) is 19.4 Å². The van der Waals surface area contributed by atoms with Crippen molar-refractivity contribution in [2.45, 2.75) is 19.0 Å². The fourth-order valence-corrected chi connectivity index (χ4v) is 2.74. The zero-order valence-corrected chi connectivity index (χ0v) is 12.1. The lowest BCUT2D eigenvalue weighted by atomic mass is 10.1. The molecule has 3 rings (SSSR count). The van der Waals surface area contributed by atoms with Crippen LogP contribution in [0.1, 0.15) is 28.5 Å². The minimum atomic E-state index is -0.0760. The zero-order chi connectivity index (χ0) is 14.7. The highest BCUT2D eigenvalue weighted by Crippen LogP contribution is 2.21. The maximum absolute atomic E-state index is 12.0. The molecule has 1 aliphatic heterocycles. The number of nitrogens with zero attached hydrogens (tertiary/aromatic N) is 4. The third kappa shape index (κ3) is 3.11. The van der Waals surface area contributed by atoms with E-state index in [1.54, 1.807) is 24.5 Å². The van der Waals surface area contributed by atoms with Crippen LogP contribution in [-0.4, -0.2) is 45.7 Å². The number of nitrogens with one attached hydrogen (secondary N) is 1. The Bertz CT molecular complexity index is 610. The topological polar surface area (TPSA) is 63.1 Å². The first-order valence-corrected chi connectivity index (χ1v) is 7.13. The van der Waals surface area contributed by atoms with Crippen molar-refractivity contribution in [3.63, 3.8) is 0 Å². The number of hydrogen-bond acceptors (Lipinski definition) is 4. The molecule has 6 heteroatoms. The number of rotatable bonds is 4. The van der Waals surface area contributed by atoms with Crippen molar-refractivity contribution >= 4 is 5.91 Å². The van der Waals surface area contributed by atoms with Gasteiger partial charge in [0.1, 0.15) is 0 Å². The summed E-state index contributed by atoms with van der Waals surface area (Å²) in [6, 6.07) is 5.89. The van der Waals surface area contributed by atoms with E-state index in [1.165, 1.54) is 5.69 Å². The van der Waals surface area contributed by atoms with Crippen molar-refractivity contribution in [3.8, 4) is 0 Å². The largest absolute Gasteiger partial charge is 0.352 e. The smallest absolute Gasteiger partial charge is 0.252 e. The molecule has 2 aromatic heterocycles. The number of hydrogen-bond donors (Lipinski definition) is 1. The van der Waals surface area contributed by atoms with Crippen LogP contribution in [0.3, 0.4) is 0 Å². The average molecular weight is 285 g/mol. The molecule has 0 saturated heterocycles. The van der Waals surface area contributed by atoms with Gasteiger partial charge in [0.2, 0.25) is 0 Å². The molecule has 3 heterocycles. The number of aromatic nitrogens is 3. The fraction of sp³-hybridized carbons (Fsp3) is 0.400. The van der Waals surface area contributed by atoms with Crippen LogP contribution >= 0.6 is 0 Å². The van der Waals surface area contributed by atoms with Gasteiger partial charge in [-0.25, -0.2) is 0 Å². The monoisotopic (exact) mass is 285 g/mol. The van der Waals surface area contributed by atoms with E-state index < -0.39 is 0 Å². The van der Waals surface area contributed by atoms with E-state index in [0.717, 1.165) is 19.5 Å². The van der Waals surface area contributed by atoms with Crippen LogP contribution in [0.25, 0.3) is 0 Å². The molecule has 21 heavy (non-hydrogen) atoms. The molecule has 0 bridgehead atoms. The third-order valence-corrected chi connectivity index (χ3v) is 3.74. The second-order valence-corrected chi connectivity index (χ2v) is 5.40. The van der Waals surface area contributed by atoms with E-state index in [4.69, 9.17) is 0 Å². The lowest BCUT2D eigenvalue weighted by Gasteiger charge is -2.31. The van der Waals surface area contributed by atoms with Crippen LogP contribution in [0.2, 0.25) is 0 Å². The maximum Gasteiger partial charge on any atom is 0.252 e. The van der Waals surface area contributed by atoms with Crippen LogP contribution in [-0.2, 0) is 6.54 Å². The van der Waals surface area contributed by atoms with Crippen molar-refractivity contribution in [1.82, 2.24) is 25.0 Å². The molecule has 110 valence electrons. The Labute approximate surface area is 123 Å². The molecule has 0 spiro atoms. The van der Waals surface area contributed by atoms with Gasteiger partial charge >= 0.3 is 0 Å². The molecular formula is C15H19N5O. The number of amides is 1. The molecule has 0 aliphatic carbocycles. The molecule has 0 unspecified atom stereocenters. The number of likely N-dealkylation sites (N-methyl/N-ethyl adjacent to an activating group) is 1. The first-order valence-electron chi connectivity index (χ1n) is 7.13. The second kappa shape index (κ2) is 6.05. The first-order chi connectivity index (χ1) is 10.2. The van der Waals surface area contributed by atoms with Crippen LogP contribution in [0.4, 0.5) is 0 Å². The van der Waals surface area contributed by atoms with Gasteiger partial charge < -0.3 is 5.32 Å². The molecule has 1 atom stereocenters. The van der Waals surface area contributed by atoms with Crippen LogP contribution in [0.5, 0.6) is 0 Å². The Morgan fingerprint density at radius 3 is 3.14 bits per heavy atom. The molecule has 0 aromatic carbocycles. The average Bonchev–Trinajstić information content (AvgIpc) is 2.96. The van der Waals surface area contributed by atoms with E-state index >= 15 is 0 Å². The summed E-state index contributed by atoms with van der Waals surface area (Å²) in [5.74, 6) is -0.0760. The summed E-state index contributed by atoms with van der Waals surface area (Å²) >= 11 is 0. The summed E-state index contributed by atoms with van der Waals surface area (Å²) in [6.45, 7) is 2.52. The maximum atomic E-state index is 12.0. The Kier molecular flexibility index (Phi) is 3.96. The second-order valence-electron chi connectivity index (χ2n) is 5.40. The summed E-state index contributed by atoms with van der Waals surface area (Å²) in [6.07, 6.45) is 5.95. The van der Waals surface area contributed by atoms with Gasteiger partial charge in [0, 0.05) is 38.2 Å². The normalized spacial score (nSPS) is 18.2. The predicted molar refractivity (Wildman–Crippen MR) is 78.8 cm³/mol. The molecule has 0 fully saturated rings. The fourth-order valence-electron chi connectivity index (χ4n) is 2.74. The molecule has 0 radical (unpaired) electrons. The SMILES string of the molecule is CN1Cc2ccnn2[C@@H](CCNC(=O)c2cccnc2)C1. The lowest BCUT2D eigenvalue weighted by Crippen LogP contribution is -2.37. The summed E-state index contributed by atoms with van der Waals surface area (Å²) in [5.41, 5.74) is 1.82. The standard InChI is InChI=1S/C15H19N5O/c1-19-10-13(20-14(11-19)5-8-18-20)4-7-17-15(21)12-3-2-6-16-9-12/h2-3,5-6,8-9,13H,4,7,10-11H2,1H3,(H,17,21)/t13-/m0/s1. The molecule has 1 amide bonds. The van der Waals surface area contributed by atoms with Crippen molar-refractivity contribution in [2.75, 3.05) is 20.1 Å². The summed E-state index contributed by atoms with van der Waals surface area (Å²) < 4.78 is 2.08. The zero-order valence-electron chi connectivity index (χ0n) is 12.1. The lowest BCUT2D eigenvalue weighted by molar-refractivity contribution is 0.0948. The van der Waals surface area contributed by atoms with Gasteiger partial charge in [-0.05, 0) is 31.7 Å². The van der Waals surface area contributed by atoms with Gasteiger partial charge in [-0.1, -0.05) is 0 Å². The minimum Gasteiger partial charge on any atom is -0.352 e. The van der Waals surface area contributed by atoms with Crippen molar-refractivity contribution in [3.05, 3.63) is 48.0 Å². The molecule has 1 N–H and O–H groups in total. The summed E-state index contributed by atoms with van der Waals surface area (Å²) in [7, 11) is 2.11. The van der Waals surface area contributed by atoms with Gasteiger partial charge in [-0.15, -0.1) is 0 Å². The van der Waals surface area contributed by atoms with Crippen molar-refractivity contribution < 1.29 is 4.79 Å². The molecule has 0 saturated carbocycles.